The average Bonchev–Trinajstić information content (AvgIpc) is 2.71. The summed E-state index contributed by atoms with van der Waals surface area (Å²) in [6.45, 7) is 1.26. The third-order valence-corrected chi connectivity index (χ3v) is 3.87. The molecule has 1 unspecified atom stereocenters. The molecule has 9 nitrogen and oxygen atoms in total. The SMILES string of the molecule is CCC(C(=O)OCC(=O)NNC(=O)c1cccc([N+](=O)[O-])c1)c1ccccc1. The Balaban J connectivity index is 1.84. The number of nitro benzene ring substituents is 1. The standard InChI is InChI=1S/C19H19N3O6/c1-2-16(13-7-4-3-5-8-13)19(25)28-12-17(23)20-21-18(24)14-9-6-10-15(11-14)22(26)27/h3-11,16H,2,12H2,1H3,(H,20,23)(H,21,24). The van der Waals surface area contributed by atoms with Crippen molar-refractivity contribution >= 4 is 23.5 Å². The Morgan fingerprint density at radius 1 is 1.07 bits per heavy atom. The van der Waals surface area contributed by atoms with Gasteiger partial charge in [-0.15, -0.1) is 0 Å². The van der Waals surface area contributed by atoms with Gasteiger partial charge < -0.3 is 4.74 Å². The summed E-state index contributed by atoms with van der Waals surface area (Å²) >= 11 is 0. The first-order valence-corrected chi connectivity index (χ1v) is 8.47. The van der Waals surface area contributed by atoms with Crippen molar-refractivity contribution in [1.82, 2.24) is 10.9 Å². The van der Waals surface area contributed by atoms with E-state index in [4.69, 9.17) is 4.74 Å². The van der Waals surface area contributed by atoms with E-state index in [2.05, 4.69) is 10.9 Å². The highest BCUT2D eigenvalue weighted by Crippen LogP contribution is 2.20. The van der Waals surface area contributed by atoms with Crippen LogP contribution in [-0.4, -0.2) is 29.3 Å². The third-order valence-electron chi connectivity index (χ3n) is 3.87. The van der Waals surface area contributed by atoms with Gasteiger partial charge in [0.15, 0.2) is 6.61 Å². The van der Waals surface area contributed by atoms with Gasteiger partial charge >= 0.3 is 5.97 Å². The zero-order valence-electron chi connectivity index (χ0n) is 15.1. The number of carbonyl (C=O) groups is 3. The van der Waals surface area contributed by atoms with Crippen molar-refractivity contribution in [2.24, 2.45) is 0 Å². The fourth-order valence-corrected chi connectivity index (χ4v) is 2.46. The number of hydrogen-bond acceptors (Lipinski definition) is 6. The van der Waals surface area contributed by atoms with E-state index in [0.717, 1.165) is 11.6 Å². The van der Waals surface area contributed by atoms with Crippen LogP contribution in [0.5, 0.6) is 0 Å². The summed E-state index contributed by atoms with van der Waals surface area (Å²) in [6.07, 6.45) is 0.508. The number of nitrogens with one attached hydrogen (secondary N) is 2. The monoisotopic (exact) mass is 385 g/mol. The smallest absolute Gasteiger partial charge is 0.313 e. The number of esters is 1. The molecule has 0 aliphatic carbocycles. The van der Waals surface area contributed by atoms with E-state index in [0.29, 0.717) is 6.42 Å². The molecule has 0 spiro atoms. The molecule has 2 N–H and O–H groups in total. The molecule has 2 aromatic rings. The number of hydrogen-bond donors (Lipinski definition) is 2. The minimum atomic E-state index is -0.741. The van der Waals surface area contributed by atoms with Crippen LogP contribution >= 0.6 is 0 Å². The summed E-state index contributed by atoms with van der Waals surface area (Å²) in [5.74, 6) is -2.52. The van der Waals surface area contributed by atoms with Gasteiger partial charge in [0.05, 0.1) is 10.8 Å². The van der Waals surface area contributed by atoms with Crippen LogP contribution in [0.3, 0.4) is 0 Å². The second kappa shape index (κ2) is 9.81. The van der Waals surface area contributed by atoms with Crippen LogP contribution in [0.2, 0.25) is 0 Å². The van der Waals surface area contributed by atoms with Crippen molar-refractivity contribution in [3.05, 3.63) is 75.8 Å². The molecule has 2 amide bonds. The maximum absolute atomic E-state index is 12.2. The van der Waals surface area contributed by atoms with Crippen LogP contribution in [-0.2, 0) is 14.3 Å². The van der Waals surface area contributed by atoms with E-state index in [-0.39, 0.29) is 11.3 Å². The Morgan fingerprint density at radius 3 is 2.43 bits per heavy atom. The van der Waals surface area contributed by atoms with Gasteiger partial charge in [0.1, 0.15) is 0 Å². The lowest BCUT2D eigenvalue weighted by Crippen LogP contribution is -2.43. The molecule has 9 heteroatoms. The van der Waals surface area contributed by atoms with Crippen molar-refractivity contribution in [3.63, 3.8) is 0 Å². The third kappa shape index (κ3) is 5.63. The van der Waals surface area contributed by atoms with E-state index in [1.54, 1.807) is 24.3 Å². The second-order valence-corrected chi connectivity index (χ2v) is 5.79. The van der Waals surface area contributed by atoms with Crippen LogP contribution in [0.4, 0.5) is 5.69 Å². The van der Waals surface area contributed by atoms with Crippen molar-refractivity contribution in [2.75, 3.05) is 6.61 Å². The summed E-state index contributed by atoms with van der Waals surface area (Å²) in [6, 6.07) is 14.1. The molecule has 0 fully saturated rings. The van der Waals surface area contributed by atoms with Crippen molar-refractivity contribution in [3.8, 4) is 0 Å². The number of benzene rings is 2. The summed E-state index contributed by atoms with van der Waals surface area (Å²) in [5, 5.41) is 10.7. The van der Waals surface area contributed by atoms with Gasteiger partial charge in [0, 0.05) is 17.7 Å². The van der Waals surface area contributed by atoms with Gasteiger partial charge in [0.25, 0.3) is 17.5 Å². The Bertz CT molecular complexity index is 869. The molecular weight excluding hydrogens is 366 g/mol. The molecule has 0 aromatic heterocycles. The van der Waals surface area contributed by atoms with Gasteiger partial charge in [-0.25, -0.2) is 0 Å². The first-order chi connectivity index (χ1) is 13.4. The van der Waals surface area contributed by atoms with Crippen molar-refractivity contribution in [2.45, 2.75) is 19.3 Å². The quantitative estimate of drug-likeness (QED) is 0.427. The number of nitrogens with zero attached hydrogens (tertiary/aromatic N) is 1. The number of hydrazine groups is 1. The fraction of sp³-hybridized carbons (Fsp3) is 0.211. The highest BCUT2D eigenvalue weighted by atomic mass is 16.6. The predicted molar refractivity (Wildman–Crippen MR) is 99.1 cm³/mol. The van der Waals surface area contributed by atoms with E-state index in [1.165, 1.54) is 18.2 Å². The maximum Gasteiger partial charge on any atom is 0.313 e. The highest BCUT2D eigenvalue weighted by molar-refractivity contribution is 5.96. The summed E-state index contributed by atoms with van der Waals surface area (Å²) < 4.78 is 5.01. The Hall–Kier alpha value is -3.75. The molecule has 146 valence electrons. The Kier molecular flexibility index (Phi) is 7.21. The normalized spacial score (nSPS) is 11.2. The molecule has 28 heavy (non-hydrogen) atoms. The average molecular weight is 385 g/mol. The molecule has 2 aromatic carbocycles. The lowest BCUT2D eigenvalue weighted by atomic mass is 9.97. The number of carbonyl (C=O) groups excluding carboxylic acids is 3. The molecule has 0 bridgehead atoms. The van der Waals surface area contributed by atoms with E-state index in [9.17, 15) is 24.5 Å². The predicted octanol–water partition coefficient (Wildman–Crippen LogP) is 2.09. The molecule has 0 heterocycles. The van der Waals surface area contributed by atoms with E-state index in [1.807, 2.05) is 13.0 Å². The first-order valence-electron chi connectivity index (χ1n) is 8.47. The second-order valence-electron chi connectivity index (χ2n) is 5.79. The fourth-order valence-electron chi connectivity index (χ4n) is 2.46. The number of non-ortho nitro benzene ring substituents is 1. The molecule has 1 atom stereocenters. The largest absolute Gasteiger partial charge is 0.455 e. The summed E-state index contributed by atoms with van der Waals surface area (Å²) in [7, 11) is 0. The van der Waals surface area contributed by atoms with Gasteiger partial charge in [-0.3, -0.25) is 35.3 Å². The molecule has 0 aliphatic heterocycles. The zero-order valence-corrected chi connectivity index (χ0v) is 15.1. The van der Waals surface area contributed by atoms with Gasteiger partial charge in [0.2, 0.25) is 0 Å². The molecule has 0 radical (unpaired) electrons. The van der Waals surface area contributed by atoms with E-state index >= 15 is 0 Å². The van der Waals surface area contributed by atoms with Crippen LogP contribution in [0.25, 0.3) is 0 Å². The molecule has 0 saturated carbocycles. The zero-order chi connectivity index (χ0) is 20.5. The molecule has 0 saturated heterocycles. The minimum Gasteiger partial charge on any atom is -0.455 e. The maximum atomic E-state index is 12.2. The molecule has 2 rings (SSSR count). The van der Waals surface area contributed by atoms with Gasteiger partial charge in [-0.1, -0.05) is 43.3 Å². The van der Waals surface area contributed by atoms with E-state index < -0.39 is 35.2 Å². The van der Waals surface area contributed by atoms with Gasteiger partial charge in [-0.2, -0.15) is 0 Å². The highest BCUT2D eigenvalue weighted by Gasteiger charge is 2.21. The van der Waals surface area contributed by atoms with Crippen molar-refractivity contribution < 1.29 is 24.0 Å². The number of ether oxygens (including phenoxy) is 1. The minimum absolute atomic E-state index is 0.00150. The number of amides is 2. The van der Waals surface area contributed by atoms with Crippen molar-refractivity contribution in [1.29, 1.82) is 0 Å². The lowest BCUT2D eigenvalue weighted by molar-refractivity contribution is -0.384. The number of nitro groups is 1. The summed E-state index contributed by atoms with van der Waals surface area (Å²) in [5.41, 5.74) is 4.74. The first kappa shape index (κ1) is 20.6. The number of rotatable bonds is 7. The van der Waals surface area contributed by atoms with Crippen LogP contribution < -0.4 is 10.9 Å². The van der Waals surface area contributed by atoms with Gasteiger partial charge in [-0.05, 0) is 18.1 Å². The molecular formula is C19H19N3O6. The van der Waals surface area contributed by atoms with Crippen LogP contribution in [0.1, 0.15) is 35.2 Å². The van der Waals surface area contributed by atoms with Crippen LogP contribution in [0, 0.1) is 10.1 Å². The lowest BCUT2D eigenvalue weighted by Gasteiger charge is -2.14. The van der Waals surface area contributed by atoms with Crippen LogP contribution in [0.15, 0.2) is 54.6 Å². The Morgan fingerprint density at radius 2 is 1.79 bits per heavy atom. The molecule has 0 aliphatic rings. The topological polar surface area (TPSA) is 128 Å². The summed E-state index contributed by atoms with van der Waals surface area (Å²) in [4.78, 5) is 46.0. The Labute approximate surface area is 160 Å².